The third-order valence-electron chi connectivity index (χ3n) is 6.30. The minimum Gasteiger partial charge on any atom is -0.379 e. The third-order valence-corrected chi connectivity index (χ3v) is 6.30. The number of fused-ring (bicyclic) bond motifs is 3. The molecule has 5 aromatic heterocycles. The maximum Gasteiger partial charge on any atom is 0.280 e. The van der Waals surface area contributed by atoms with Crippen molar-refractivity contribution < 1.29 is 9.53 Å². The Labute approximate surface area is 198 Å². The molecule has 0 spiro atoms. The van der Waals surface area contributed by atoms with Gasteiger partial charge in [-0.3, -0.25) is 18.8 Å². The first-order chi connectivity index (χ1) is 16.9. The van der Waals surface area contributed by atoms with Crippen molar-refractivity contribution in [3.8, 4) is 5.82 Å². The molecule has 1 aliphatic rings. The van der Waals surface area contributed by atoms with Gasteiger partial charge in [0, 0.05) is 43.7 Å². The molecule has 0 unspecified atom stereocenters. The summed E-state index contributed by atoms with van der Waals surface area (Å²) in [6.45, 7) is 1.92. The number of rotatable bonds is 6. The molecule has 0 aliphatic heterocycles. The van der Waals surface area contributed by atoms with Gasteiger partial charge in [-0.2, -0.15) is 5.10 Å². The number of carbonyl (C=O) groups excluding carboxylic acids is 1. The van der Waals surface area contributed by atoms with Gasteiger partial charge in [0.25, 0.3) is 11.5 Å². The average Bonchev–Trinajstić information content (AvgIpc) is 3.17. The Morgan fingerprint density at radius 2 is 2.14 bits per heavy atom. The molecular weight excluding hydrogens is 450 g/mol. The van der Waals surface area contributed by atoms with Gasteiger partial charge < -0.3 is 20.4 Å². The summed E-state index contributed by atoms with van der Waals surface area (Å²) in [5.74, 6) is 0.643. The highest BCUT2D eigenvalue weighted by atomic mass is 16.5. The fourth-order valence-corrected chi connectivity index (χ4v) is 4.15. The van der Waals surface area contributed by atoms with E-state index in [1.165, 1.54) is 15.3 Å². The largest absolute Gasteiger partial charge is 0.379 e. The number of H-pyrrole nitrogens is 1. The molecule has 35 heavy (non-hydrogen) atoms. The number of aromatic amines is 1. The predicted molar refractivity (Wildman–Crippen MR) is 128 cm³/mol. The fraction of sp³-hybridized carbons (Fsp3) is 0.261. The van der Waals surface area contributed by atoms with Crippen LogP contribution < -0.4 is 16.2 Å². The van der Waals surface area contributed by atoms with E-state index in [2.05, 4.69) is 30.8 Å². The van der Waals surface area contributed by atoms with Crippen molar-refractivity contribution >= 4 is 34.0 Å². The molecule has 2 atom stereocenters. The minimum atomic E-state index is -0.293. The summed E-state index contributed by atoms with van der Waals surface area (Å²) in [4.78, 5) is 33.7. The zero-order valence-corrected chi connectivity index (χ0v) is 19.3. The molecule has 1 aliphatic carbocycles. The standard InChI is InChI=1S/C23H23N9O3/c1-12-9-18(28-30(12)2)31-8-4-5-14(23(31)34)26-20-13-6-7-24-19(13)21-25-11-16(32(21)29-20)22(33)27-15-10-17(15)35-3/h4-9,11,15,17,24H,10H2,1-3H3,(H,26,29)(H,27,33)/t15-,17+/m1/s1. The van der Waals surface area contributed by atoms with Crippen LogP contribution in [0.4, 0.5) is 11.5 Å². The van der Waals surface area contributed by atoms with Gasteiger partial charge in [0.05, 0.1) is 23.9 Å². The van der Waals surface area contributed by atoms with Gasteiger partial charge in [0.1, 0.15) is 5.69 Å². The highest BCUT2D eigenvalue weighted by Crippen LogP contribution is 2.27. The van der Waals surface area contributed by atoms with E-state index in [0.717, 1.165) is 17.5 Å². The minimum absolute atomic E-state index is 0.0251. The molecule has 5 aromatic rings. The number of carbonyl (C=O) groups is 1. The molecular formula is C23H23N9O3. The number of anilines is 2. The van der Waals surface area contributed by atoms with Gasteiger partial charge in [-0.15, -0.1) is 5.10 Å². The summed E-state index contributed by atoms with van der Waals surface area (Å²) in [5.41, 5.74) is 2.46. The van der Waals surface area contributed by atoms with Gasteiger partial charge in [-0.05, 0) is 31.5 Å². The van der Waals surface area contributed by atoms with E-state index >= 15 is 0 Å². The smallest absolute Gasteiger partial charge is 0.280 e. The van der Waals surface area contributed by atoms with Crippen LogP contribution in [0.1, 0.15) is 22.6 Å². The maximum absolute atomic E-state index is 13.3. The molecule has 0 bridgehead atoms. The lowest BCUT2D eigenvalue weighted by Crippen LogP contribution is -2.29. The van der Waals surface area contributed by atoms with Crippen LogP contribution in [0.15, 0.2) is 47.7 Å². The zero-order valence-electron chi connectivity index (χ0n) is 19.3. The molecule has 0 radical (unpaired) electrons. The monoisotopic (exact) mass is 473 g/mol. The number of nitrogens with zero attached hydrogens (tertiary/aromatic N) is 6. The van der Waals surface area contributed by atoms with Crippen molar-refractivity contribution in [2.75, 3.05) is 12.4 Å². The molecule has 1 fully saturated rings. The van der Waals surface area contributed by atoms with Gasteiger partial charge >= 0.3 is 0 Å². The quantitative estimate of drug-likeness (QED) is 0.341. The molecule has 12 nitrogen and oxygen atoms in total. The van der Waals surface area contributed by atoms with Crippen LogP contribution in [0.2, 0.25) is 0 Å². The number of hydrogen-bond acceptors (Lipinski definition) is 7. The van der Waals surface area contributed by atoms with E-state index in [4.69, 9.17) is 4.74 Å². The van der Waals surface area contributed by atoms with Crippen LogP contribution in [0.5, 0.6) is 0 Å². The molecule has 0 saturated heterocycles. The summed E-state index contributed by atoms with van der Waals surface area (Å²) in [6, 6.07) is 7.10. The molecule has 0 aromatic carbocycles. The van der Waals surface area contributed by atoms with Gasteiger partial charge in [0.2, 0.25) is 0 Å². The molecule has 12 heteroatoms. The van der Waals surface area contributed by atoms with E-state index < -0.39 is 0 Å². The zero-order chi connectivity index (χ0) is 24.3. The van der Waals surface area contributed by atoms with E-state index in [0.29, 0.717) is 28.5 Å². The first kappa shape index (κ1) is 21.1. The van der Waals surface area contributed by atoms with E-state index in [1.54, 1.807) is 36.3 Å². The number of imidazole rings is 1. The first-order valence-corrected chi connectivity index (χ1v) is 11.1. The van der Waals surface area contributed by atoms with Crippen molar-refractivity contribution in [1.29, 1.82) is 0 Å². The van der Waals surface area contributed by atoms with Crippen molar-refractivity contribution in [3.63, 3.8) is 0 Å². The number of nitrogens with one attached hydrogen (secondary N) is 3. The Bertz CT molecular complexity index is 1640. The van der Waals surface area contributed by atoms with Crippen LogP contribution in [0.3, 0.4) is 0 Å². The molecule has 6 rings (SSSR count). The second kappa shape index (κ2) is 7.81. The van der Waals surface area contributed by atoms with Gasteiger partial charge in [-0.25, -0.2) is 9.50 Å². The Balaban J connectivity index is 1.40. The van der Waals surface area contributed by atoms with Crippen LogP contribution in [0, 0.1) is 6.92 Å². The lowest BCUT2D eigenvalue weighted by atomic mass is 10.3. The number of amides is 1. The van der Waals surface area contributed by atoms with Crippen molar-refractivity contribution in [2.24, 2.45) is 7.05 Å². The summed E-state index contributed by atoms with van der Waals surface area (Å²) < 4.78 is 9.93. The lowest BCUT2D eigenvalue weighted by Gasteiger charge is -2.10. The van der Waals surface area contributed by atoms with Crippen LogP contribution in [-0.2, 0) is 11.8 Å². The van der Waals surface area contributed by atoms with Crippen LogP contribution in [-0.4, -0.2) is 59.1 Å². The highest BCUT2D eigenvalue weighted by molar-refractivity contribution is 6.01. The van der Waals surface area contributed by atoms with E-state index in [1.807, 2.05) is 26.1 Å². The Morgan fingerprint density at radius 1 is 1.29 bits per heavy atom. The maximum atomic E-state index is 13.3. The number of aryl methyl sites for hydroxylation is 2. The van der Waals surface area contributed by atoms with Crippen LogP contribution in [0.25, 0.3) is 22.4 Å². The van der Waals surface area contributed by atoms with Crippen molar-refractivity contribution in [1.82, 2.24) is 39.2 Å². The molecule has 1 amide bonds. The summed E-state index contributed by atoms with van der Waals surface area (Å²) >= 11 is 0. The van der Waals surface area contributed by atoms with Gasteiger partial charge in [0.15, 0.2) is 23.0 Å². The Morgan fingerprint density at radius 3 is 2.89 bits per heavy atom. The van der Waals surface area contributed by atoms with E-state index in [9.17, 15) is 9.59 Å². The van der Waals surface area contributed by atoms with Crippen molar-refractivity contribution in [2.45, 2.75) is 25.5 Å². The van der Waals surface area contributed by atoms with Gasteiger partial charge in [-0.1, -0.05) is 0 Å². The summed E-state index contributed by atoms with van der Waals surface area (Å²) in [7, 11) is 3.45. The third kappa shape index (κ3) is 3.46. The Kier molecular flexibility index (Phi) is 4.71. The molecule has 3 N–H and O–H groups in total. The normalized spacial score (nSPS) is 17.2. The number of ether oxygens (including phenoxy) is 1. The molecule has 1 saturated carbocycles. The predicted octanol–water partition coefficient (Wildman–Crippen LogP) is 1.66. The van der Waals surface area contributed by atoms with E-state index in [-0.39, 0.29) is 29.3 Å². The highest BCUT2D eigenvalue weighted by Gasteiger charge is 2.39. The molecule has 178 valence electrons. The second-order valence-corrected chi connectivity index (χ2v) is 8.57. The topological polar surface area (TPSA) is 136 Å². The summed E-state index contributed by atoms with van der Waals surface area (Å²) in [6.07, 6.45) is 5.73. The van der Waals surface area contributed by atoms with Crippen molar-refractivity contribution in [3.05, 3.63) is 64.6 Å². The number of aromatic nitrogens is 7. The SMILES string of the molecule is CO[C@H]1C[C@H]1NC(=O)c1cnc2c3[nH]ccc3c(Nc3cccn(-c4cc(C)n(C)n4)c3=O)nn12. The Hall–Kier alpha value is -4.45. The lowest BCUT2D eigenvalue weighted by molar-refractivity contribution is 0.0928. The fourth-order valence-electron chi connectivity index (χ4n) is 4.15. The summed E-state index contributed by atoms with van der Waals surface area (Å²) in [5, 5.41) is 15.9. The number of methoxy groups -OCH3 is 1. The average molecular weight is 473 g/mol. The first-order valence-electron chi connectivity index (χ1n) is 11.1. The van der Waals surface area contributed by atoms with Crippen LogP contribution >= 0.6 is 0 Å². The number of pyridine rings is 1. The molecule has 5 heterocycles. The second-order valence-electron chi connectivity index (χ2n) is 8.57. The number of hydrogen-bond donors (Lipinski definition) is 3.